The molecule has 1 amide bonds. The van der Waals surface area contributed by atoms with Gasteiger partial charge >= 0.3 is 0 Å². The topological polar surface area (TPSA) is 69.0 Å². The molecule has 0 aliphatic carbocycles. The molecule has 0 aliphatic heterocycles. The summed E-state index contributed by atoms with van der Waals surface area (Å²) < 4.78 is 7.00. The van der Waals surface area contributed by atoms with Crippen LogP contribution in [0, 0.1) is 0 Å². The minimum absolute atomic E-state index is 0.0515. The number of hydrogen-bond donors (Lipinski definition) is 1. The standard InChI is InChI=1S/C16H11Cl3N4O2/c17-10-4-5-14(20-8-10)21-16(24)13-6-7-23(22-13)9-25-15-11(18)2-1-3-12(15)19/h1-8H,9H2,(H,20,21,24). The van der Waals surface area contributed by atoms with Crippen LogP contribution in [0.5, 0.6) is 5.75 Å². The molecule has 2 aromatic heterocycles. The third-order valence-corrected chi connectivity index (χ3v) is 3.92. The van der Waals surface area contributed by atoms with Gasteiger partial charge in [0.25, 0.3) is 5.91 Å². The molecule has 0 saturated carbocycles. The second-order valence-electron chi connectivity index (χ2n) is 4.88. The first-order valence-corrected chi connectivity index (χ1v) is 8.19. The molecule has 6 nitrogen and oxygen atoms in total. The van der Waals surface area contributed by atoms with E-state index in [0.29, 0.717) is 26.6 Å². The Kier molecular flexibility index (Phi) is 5.43. The summed E-state index contributed by atoms with van der Waals surface area (Å²) in [6, 6.07) is 9.85. The molecule has 0 unspecified atom stereocenters. The first-order chi connectivity index (χ1) is 12.0. The zero-order chi connectivity index (χ0) is 17.8. The van der Waals surface area contributed by atoms with E-state index in [9.17, 15) is 4.79 Å². The zero-order valence-corrected chi connectivity index (χ0v) is 14.9. The summed E-state index contributed by atoms with van der Waals surface area (Å²) in [7, 11) is 0. The molecule has 25 heavy (non-hydrogen) atoms. The lowest BCUT2D eigenvalue weighted by molar-refractivity contribution is 0.102. The number of halogens is 3. The summed E-state index contributed by atoms with van der Waals surface area (Å²) in [6.45, 7) is 0.0515. The number of carbonyl (C=O) groups is 1. The maximum Gasteiger partial charge on any atom is 0.277 e. The van der Waals surface area contributed by atoms with Gasteiger partial charge in [0.1, 0.15) is 5.82 Å². The molecule has 3 rings (SSSR count). The molecule has 9 heteroatoms. The van der Waals surface area contributed by atoms with Crippen molar-refractivity contribution in [2.24, 2.45) is 0 Å². The monoisotopic (exact) mass is 396 g/mol. The van der Waals surface area contributed by atoms with E-state index in [1.165, 1.54) is 10.9 Å². The number of hydrogen-bond acceptors (Lipinski definition) is 4. The van der Waals surface area contributed by atoms with Crippen molar-refractivity contribution in [2.45, 2.75) is 6.73 Å². The van der Waals surface area contributed by atoms with Gasteiger partial charge < -0.3 is 10.1 Å². The summed E-state index contributed by atoms with van der Waals surface area (Å²) in [4.78, 5) is 16.1. The Balaban J connectivity index is 1.64. The van der Waals surface area contributed by atoms with Gasteiger partial charge in [0.15, 0.2) is 18.2 Å². The van der Waals surface area contributed by atoms with Crippen LogP contribution in [0.4, 0.5) is 5.82 Å². The molecule has 0 spiro atoms. The van der Waals surface area contributed by atoms with Crippen LogP contribution in [-0.2, 0) is 6.73 Å². The van der Waals surface area contributed by atoms with Crippen LogP contribution in [0.25, 0.3) is 0 Å². The van der Waals surface area contributed by atoms with E-state index in [1.807, 2.05) is 0 Å². The fourth-order valence-electron chi connectivity index (χ4n) is 1.94. The summed E-state index contributed by atoms with van der Waals surface area (Å²) in [5, 5.41) is 8.03. The van der Waals surface area contributed by atoms with Gasteiger partial charge in [-0.3, -0.25) is 4.79 Å². The molecule has 128 valence electrons. The highest BCUT2D eigenvalue weighted by Crippen LogP contribution is 2.32. The SMILES string of the molecule is O=C(Nc1ccc(Cl)cn1)c1ccn(COc2c(Cl)cccc2Cl)n1. The Hall–Kier alpha value is -2.28. The Bertz CT molecular complexity index is 876. The van der Waals surface area contributed by atoms with Gasteiger partial charge in [-0.15, -0.1) is 0 Å². The lowest BCUT2D eigenvalue weighted by Crippen LogP contribution is -2.15. The van der Waals surface area contributed by atoms with Gasteiger partial charge in [0, 0.05) is 12.4 Å². The minimum atomic E-state index is -0.399. The fraction of sp³-hybridized carbons (Fsp3) is 0.0625. The van der Waals surface area contributed by atoms with Crippen molar-refractivity contribution >= 4 is 46.5 Å². The van der Waals surface area contributed by atoms with E-state index < -0.39 is 5.91 Å². The fourth-order valence-corrected chi connectivity index (χ4v) is 2.55. The molecule has 0 atom stereocenters. The first-order valence-electron chi connectivity index (χ1n) is 7.06. The number of aromatic nitrogens is 3. The second-order valence-corrected chi connectivity index (χ2v) is 6.13. The highest BCUT2D eigenvalue weighted by atomic mass is 35.5. The Labute approximate surface area is 158 Å². The quantitative estimate of drug-likeness (QED) is 0.687. The highest BCUT2D eigenvalue weighted by Gasteiger charge is 2.12. The number of rotatable bonds is 5. The van der Waals surface area contributed by atoms with Crippen LogP contribution >= 0.6 is 34.8 Å². The Morgan fingerprint density at radius 1 is 1.12 bits per heavy atom. The molecule has 0 saturated heterocycles. The van der Waals surface area contributed by atoms with Gasteiger partial charge in [-0.2, -0.15) is 5.10 Å². The number of anilines is 1. The number of benzene rings is 1. The van der Waals surface area contributed by atoms with Crippen molar-refractivity contribution < 1.29 is 9.53 Å². The Morgan fingerprint density at radius 3 is 2.56 bits per heavy atom. The highest BCUT2D eigenvalue weighted by molar-refractivity contribution is 6.37. The Morgan fingerprint density at radius 2 is 1.88 bits per heavy atom. The number of amides is 1. The second kappa shape index (κ2) is 7.74. The number of carbonyl (C=O) groups excluding carboxylic acids is 1. The number of para-hydroxylation sites is 1. The molecular weight excluding hydrogens is 387 g/mol. The molecule has 0 radical (unpaired) electrons. The molecule has 0 fully saturated rings. The average molecular weight is 398 g/mol. The van der Waals surface area contributed by atoms with Crippen molar-refractivity contribution in [1.29, 1.82) is 0 Å². The maximum absolute atomic E-state index is 12.2. The number of nitrogens with one attached hydrogen (secondary N) is 1. The van der Waals surface area contributed by atoms with E-state index >= 15 is 0 Å². The molecule has 3 aromatic rings. The van der Waals surface area contributed by atoms with Crippen LogP contribution in [-0.4, -0.2) is 20.7 Å². The molecular formula is C16H11Cl3N4O2. The smallest absolute Gasteiger partial charge is 0.277 e. The maximum atomic E-state index is 12.2. The molecule has 0 bridgehead atoms. The van der Waals surface area contributed by atoms with E-state index in [1.54, 1.807) is 42.6 Å². The minimum Gasteiger partial charge on any atom is -0.468 e. The number of pyridine rings is 1. The van der Waals surface area contributed by atoms with Crippen molar-refractivity contribution in [3.8, 4) is 5.75 Å². The molecule has 2 heterocycles. The lowest BCUT2D eigenvalue weighted by Gasteiger charge is -2.09. The summed E-state index contributed by atoms with van der Waals surface area (Å²) in [5.41, 5.74) is 0.214. The summed E-state index contributed by atoms with van der Waals surface area (Å²) >= 11 is 17.8. The van der Waals surface area contributed by atoms with Gasteiger partial charge in [-0.05, 0) is 30.3 Å². The van der Waals surface area contributed by atoms with Crippen LogP contribution in [0.15, 0.2) is 48.8 Å². The molecule has 0 aliphatic rings. The van der Waals surface area contributed by atoms with Crippen LogP contribution < -0.4 is 10.1 Å². The van der Waals surface area contributed by atoms with Crippen molar-refractivity contribution in [2.75, 3.05) is 5.32 Å². The van der Waals surface area contributed by atoms with E-state index in [-0.39, 0.29) is 12.4 Å². The van der Waals surface area contributed by atoms with Gasteiger partial charge in [-0.25, -0.2) is 9.67 Å². The third kappa shape index (κ3) is 4.42. The van der Waals surface area contributed by atoms with Crippen LogP contribution in [0.1, 0.15) is 10.5 Å². The van der Waals surface area contributed by atoms with Crippen molar-refractivity contribution in [1.82, 2.24) is 14.8 Å². The third-order valence-electron chi connectivity index (χ3n) is 3.10. The van der Waals surface area contributed by atoms with Gasteiger partial charge in [0.05, 0.1) is 15.1 Å². The van der Waals surface area contributed by atoms with E-state index in [4.69, 9.17) is 39.5 Å². The van der Waals surface area contributed by atoms with Crippen LogP contribution in [0.3, 0.4) is 0 Å². The van der Waals surface area contributed by atoms with Gasteiger partial charge in [-0.1, -0.05) is 40.9 Å². The number of nitrogens with zero attached hydrogens (tertiary/aromatic N) is 3. The molecule has 1 aromatic carbocycles. The average Bonchev–Trinajstić information content (AvgIpc) is 3.06. The largest absolute Gasteiger partial charge is 0.468 e. The number of ether oxygens (including phenoxy) is 1. The van der Waals surface area contributed by atoms with E-state index in [2.05, 4.69) is 15.4 Å². The van der Waals surface area contributed by atoms with Gasteiger partial charge in [0.2, 0.25) is 0 Å². The predicted molar refractivity (Wildman–Crippen MR) is 96.5 cm³/mol. The summed E-state index contributed by atoms with van der Waals surface area (Å²) in [6.07, 6.45) is 3.05. The molecule has 1 N–H and O–H groups in total. The summed E-state index contributed by atoms with van der Waals surface area (Å²) in [5.74, 6) is 0.338. The first kappa shape index (κ1) is 17.5. The zero-order valence-electron chi connectivity index (χ0n) is 12.6. The van der Waals surface area contributed by atoms with Crippen LogP contribution in [0.2, 0.25) is 15.1 Å². The van der Waals surface area contributed by atoms with Crippen molar-refractivity contribution in [3.05, 3.63) is 69.6 Å². The normalized spacial score (nSPS) is 10.5. The van der Waals surface area contributed by atoms with Crippen molar-refractivity contribution in [3.63, 3.8) is 0 Å². The van der Waals surface area contributed by atoms with E-state index in [0.717, 1.165) is 0 Å². The lowest BCUT2D eigenvalue weighted by atomic mass is 10.3. The predicted octanol–water partition coefficient (Wildman–Crippen LogP) is 4.53.